The Hall–Kier alpha value is -3.15. The zero-order chi connectivity index (χ0) is 15.9. The van der Waals surface area contributed by atoms with Gasteiger partial charge in [0.25, 0.3) is 0 Å². The number of hydrogen-bond donors (Lipinski definition) is 1. The van der Waals surface area contributed by atoms with Gasteiger partial charge < -0.3 is 9.52 Å². The summed E-state index contributed by atoms with van der Waals surface area (Å²) < 4.78 is 5.28. The summed E-state index contributed by atoms with van der Waals surface area (Å²) in [5.74, 6) is -1.63. The molecule has 6 nitrogen and oxygen atoms in total. The number of aryl methyl sites for hydroxylation is 1. The summed E-state index contributed by atoms with van der Waals surface area (Å²) in [5, 5.41) is 21.0. The third kappa shape index (κ3) is 2.10. The van der Waals surface area contributed by atoms with Crippen LogP contribution < -0.4 is 0 Å². The molecule has 0 saturated carbocycles. The fourth-order valence-electron chi connectivity index (χ4n) is 2.50. The van der Waals surface area contributed by atoms with Crippen molar-refractivity contribution in [1.82, 2.24) is 0 Å². The van der Waals surface area contributed by atoms with Gasteiger partial charge in [0.2, 0.25) is 0 Å². The number of nitrogens with zero attached hydrogens (tertiary/aromatic N) is 1. The molecule has 1 N–H and O–H groups in total. The lowest BCUT2D eigenvalue weighted by molar-refractivity contribution is -0.400. The molecule has 0 unspecified atom stereocenters. The number of fused-ring (bicyclic) bond motifs is 1. The summed E-state index contributed by atoms with van der Waals surface area (Å²) >= 11 is 0. The molecule has 6 heteroatoms. The monoisotopic (exact) mass is 297 g/mol. The molecule has 0 aliphatic carbocycles. The minimum Gasteiger partial charge on any atom is -0.478 e. The third-order valence-corrected chi connectivity index (χ3v) is 3.37. The van der Waals surface area contributed by atoms with E-state index in [-0.39, 0.29) is 11.1 Å². The van der Waals surface area contributed by atoms with Gasteiger partial charge in [-0.05, 0) is 30.2 Å². The van der Waals surface area contributed by atoms with Crippen molar-refractivity contribution >= 4 is 22.8 Å². The zero-order valence-corrected chi connectivity index (χ0v) is 11.6. The van der Waals surface area contributed by atoms with Crippen molar-refractivity contribution in [3.05, 3.63) is 63.7 Å². The summed E-state index contributed by atoms with van der Waals surface area (Å²) in [6.07, 6.45) is 0. The zero-order valence-electron chi connectivity index (χ0n) is 11.6. The van der Waals surface area contributed by atoms with Crippen LogP contribution in [-0.2, 0) is 0 Å². The lowest BCUT2D eigenvalue weighted by atomic mass is 10.0. The van der Waals surface area contributed by atoms with Crippen molar-refractivity contribution in [3.8, 4) is 11.1 Å². The van der Waals surface area contributed by atoms with Gasteiger partial charge in [-0.2, -0.15) is 0 Å². The Kier molecular flexibility index (Phi) is 3.14. The van der Waals surface area contributed by atoms with Crippen LogP contribution in [0.15, 0.2) is 46.9 Å². The van der Waals surface area contributed by atoms with Gasteiger partial charge in [0, 0.05) is 5.39 Å². The number of furan rings is 1. The Bertz CT molecular complexity index is 896. The van der Waals surface area contributed by atoms with Crippen LogP contribution in [-0.4, -0.2) is 16.0 Å². The first-order valence-corrected chi connectivity index (χ1v) is 6.49. The molecule has 0 aliphatic heterocycles. The number of carboxylic acids is 1. The highest BCUT2D eigenvalue weighted by atomic mass is 16.6. The van der Waals surface area contributed by atoms with Crippen molar-refractivity contribution in [2.75, 3.05) is 0 Å². The van der Waals surface area contributed by atoms with Gasteiger partial charge in [0.1, 0.15) is 16.1 Å². The van der Waals surface area contributed by atoms with Crippen LogP contribution in [0, 0.1) is 17.0 Å². The molecule has 0 saturated heterocycles. The standard InChI is InChI=1S/C16H11NO5/c1-9-7-11-13(10-5-3-2-4-6-10)15(17(20)21)22-14(11)12(8-9)16(18)19/h2-8H,1H3,(H,18,19). The highest BCUT2D eigenvalue weighted by Gasteiger charge is 2.28. The lowest BCUT2D eigenvalue weighted by Gasteiger charge is -2.00. The first-order valence-electron chi connectivity index (χ1n) is 6.49. The minimum absolute atomic E-state index is 0.0173. The Labute approximate surface area is 124 Å². The molecular weight excluding hydrogens is 286 g/mol. The van der Waals surface area contributed by atoms with Crippen molar-refractivity contribution in [1.29, 1.82) is 0 Å². The lowest BCUT2D eigenvalue weighted by Crippen LogP contribution is -1.97. The summed E-state index contributed by atoms with van der Waals surface area (Å²) in [7, 11) is 0. The number of rotatable bonds is 3. The summed E-state index contributed by atoms with van der Waals surface area (Å²) in [5.41, 5.74) is 1.53. The maximum atomic E-state index is 11.4. The van der Waals surface area contributed by atoms with Crippen LogP contribution >= 0.6 is 0 Å². The van der Waals surface area contributed by atoms with E-state index >= 15 is 0 Å². The second-order valence-electron chi connectivity index (χ2n) is 4.90. The van der Waals surface area contributed by atoms with Crippen LogP contribution in [0.25, 0.3) is 22.1 Å². The first kappa shape index (κ1) is 13.8. The molecule has 0 aliphatic rings. The third-order valence-electron chi connectivity index (χ3n) is 3.37. The number of nitro groups is 1. The van der Waals surface area contributed by atoms with Crippen LogP contribution in [0.3, 0.4) is 0 Å². The predicted molar refractivity (Wildman–Crippen MR) is 80.0 cm³/mol. The van der Waals surface area contributed by atoms with Crippen molar-refractivity contribution in [2.24, 2.45) is 0 Å². The quantitative estimate of drug-likeness (QED) is 0.582. The van der Waals surface area contributed by atoms with Crippen molar-refractivity contribution in [3.63, 3.8) is 0 Å². The van der Waals surface area contributed by atoms with E-state index in [2.05, 4.69) is 0 Å². The molecule has 2 aromatic carbocycles. The SMILES string of the molecule is Cc1cc(C(=O)O)c2oc([N+](=O)[O-])c(-c3ccccc3)c2c1. The second-order valence-corrected chi connectivity index (χ2v) is 4.90. The molecule has 22 heavy (non-hydrogen) atoms. The molecule has 3 aromatic rings. The molecule has 0 fully saturated rings. The molecule has 1 aromatic heterocycles. The van der Waals surface area contributed by atoms with Crippen molar-refractivity contribution in [2.45, 2.75) is 6.92 Å². The Morgan fingerprint density at radius 1 is 1.23 bits per heavy atom. The average molecular weight is 297 g/mol. The van der Waals surface area contributed by atoms with Crippen molar-refractivity contribution < 1.29 is 19.2 Å². The van der Waals surface area contributed by atoms with E-state index in [1.165, 1.54) is 6.07 Å². The van der Waals surface area contributed by atoms with E-state index in [0.29, 0.717) is 22.1 Å². The summed E-state index contributed by atoms with van der Waals surface area (Å²) in [6.45, 7) is 1.74. The Balaban J connectivity index is 2.46. The molecule has 0 amide bonds. The van der Waals surface area contributed by atoms with Gasteiger partial charge in [0.15, 0.2) is 5.58 Å². The van der Waals surface area contributed by atoms with Gasteiger partial charge in [-0.1, -0.05) is 30.3 Å². The molecule has 0 bridgehead atoms. The van der Waals surface area contributed by atoms with E-state index in [0.717, 1.165) is 0 Å². The van der Waals surface area contributed by atoms with Crippen LogP contribution in [0.4, 0.5) is 5.88 Å². The molecule has 110 valence electrons. The van der Waals surface area contributed by atoms with Gasteiger partial charge >= 0.3 is 11.9 Å². The van der Waals surface area contributed by atoms with Gasteiger partial charge in [0.05, 0.1) is 0 Å². The second kappa shape index (κ2) is 5.00. The molecule has 3 rings (SSSR count). The first-order chi connectivity index (χ1) is 10.5. The van der Waals surface area contributed by atoms with E-state index in [1.807, 2.05) is 0 Å². The van der Waals surface area contributed by atoms with E-state index in [4.69, 9.17) is 4.42 Å². The molecular formula is C16H11NO5. The molecule has 0 atom stereocenters. The Morgan fingerprint density at radius 3 is 2.50 bits per heavy atom. The minimum atomic E-state index is -1.18. The van der Waals surface area contributed by atoms with Gasteiger partial charge in [-0.3, -0.25) is 10.1 Å². The van der Waals surface area contributed by atoms with Crippen LogP contribution in [0.5, 0.6) is 0 Å². The molecule has 1 heterocycles. The number of hydrogen-bond acceptors (Lipinski definition) is 4. The van der Waals surface area contributed by atoms with Gasteiger partial charge in [-0.25, -0.2) is 4.79 Å². The highest BCUT2D eigenvalue weighted by Crippen LogP contribution is 2.41. The largest absolute Gasteiger partial charge is 0.478 e. The number of benzene rings is 2. The molecule has 0 radical (unpaired) electrons. The highest BCUT2D eigenvalue weighted by molar-refractivity contribution is 6.08. The predicted octanol–water partition coefficient (Wildman–Crippen LogP) is 4.01. The number of aromatic carboxylic acids is 1. The topological polar surface area (TPSA) is 93.6 Å². The Morgan fingerprint density at radius 2 is 1.91 bits per heavy atom. The molecule has 0 spiro atoms. The average Bonchev–Trinajstić information content (AvgIpc) is 2.86. The summed E-state index contributed by atoms with van der Waals surface area (Å²) in [4.78, 5) is 22.0. The van der Waals surface area contributed by atoms with E-state index < -0.39 is 16.8 Å². The summed E-state index contributed by atoms with van der Waals surface area (Å²) in [6, 6.07) is 11.9. The fourth-order valence-corrected chi connectivity index (χ4v) is 2.50. The van der Waals surface area contributed by atoms with E-state index in [9.17, 15) is 20.0 Å². The maximum absolute atomic E-state index is 11.4. The van der Waals surface area contributed by atoms with E-state index in [1.54, 1.807) is 43.3 Å². The number of carbonyl (C=O) groups is 1. The number of carboxylic acid groups (broad SMARTS) is 1. The van der Waals surface area contributed by atoms with Crippen LogP contribution in [0.2, 0.25) is 0 Å². The normalized spacial score (nSPS) is 10.8. The smallest absolute Gasteiger partial charge is 0.442 e. The van der Waals surface area contributed by atoms with Crippen LogP contribution in [0.1, 0.15) is 15.9 Å². The van der Waals surface area contributed by atoms with Gasteiger partial charge in [-0.15, -0.1) is 0 Å². The maximum Gasteiger partial charge on any atom is 0.442 e. The fraction of sp³-hybridized carbons (Fsp3) is 0.0625.